The first-order chi connectivity index (χ1) is 14.7. The Hall–Kier alpha value is -3.21. The van der Waals surface area contributed by atoms with E-state index in [2.05, 4.69) is 39.4 Å². The van der Waals surface area contributed by atoms with Crippen molar-refractivity contribution >= 4 is 11.5 Å². The zero-order chi connectivity index (χ0) is 22.4. The number of aliphatic carboxylic acids is 1. The molecule has 1 aromatic carbocycles. The molecule has 1 fully saturated rings. The number of carbonyl (C=O) groups is 1. The Labute approximate surface area is 175 Å². The Morgan fingerprint density at radius 3 is 2.32 bits per heavy atom. The molecule has 0 atom stereocenters. The van der Waals surface area contributed by atoms with E-state index in [1.54, 1.807) is 18.6 Å². The van der Waals surface area contributed by atoms with E-state index in [-0.39, 0.29) is 5.56 Å². The Bertz CT molecular complexity index is 1090. The third-order valence-electron chi connectivity index (χ3n) is 4.85. The molecule has 8 nitrogen and oxygen atoms in total. The maximum atomic E-state index is 12.4. The van der Waals surface area contributed by atoms with Crippen LogP contribution in [0.1, 0.15) is 30.4 Å². The summed E-state index contributed by atoms with van der Waals surface area (Å²) in [4.78, 5) is 23.8. The summed E-state index contributed by atoms with van der Waals surface area (Å²) in [6.07, 6.45) is 2.05. The van der Waals surface area contributed by atoms with Gasteiger partial charge in [0.2, 0.25) is 0 Å². The molecule has 0 unspecified atom stereocenters. The van der Waals surface area contributed by atoms with Crippen LogP contribution in [0.3, 0.4) is 0 Å². The molecular formula is C20H22F3N5O3. The fourth-order valence-electron chi connectivity index (χ4n) is 3.36. The molecule has 1 aliphatic heterocycles. The van der Waals surface area contributed by atoms with Gasteiger partial charge in [-0.3, -0.25) is 9.69 Å². The highest BCUT2D eigenvalue weighted by Gasteiger charge is 2.38. The summed E-state index contributed by atoms with van der Waals surface area (Å²) in [5.41, 5.74) is 2.83. The quantitative estimate of drug-likeness (QED) is 0.675. The number of carboxylic acids is 1. The van der Waals surface area contributed by atoms with Crippen LogP contribution in [0.5, 0.6) is 0 Å². The minimum Gasteiger partial charge on any atom is -0.475 e. The molecule has 0 amide bonds. The number of hydrogen-bond acceptors (Lipinski definition) is 5. The van der Waals surface area contributed by atoms with Crippen LogP contribution in [0.4, 0.5) is 13.2 Å². The summed E-state index contributed by atoms with van der Waals surface area (Å²) < 4.78 is 34.7. The van der Waals surface area contributed by atoms with Gasteiger partial charge in [0, 0.05) is 6.54 Å². The maximum Gasteiger partial charge on any atom is 0.490 e. The molecule has 0 aliphatic carbocycles. The average Bonchev–Trinajstić information content (AvgIpc) is 3.21. The van der Waals surface area contributed by atoms with Crippen LogP contribution < -0.4 is 5.56 Å². The first-order valence-corrected chi connectivity index (χ1v) is 9.74. The molecule has 11 heteroatoms. The number of carboxylic acid groups (broad SMARTS) is 1. The number of halogens is 3. The van der Waals surface area contributed by atoms with Gasteiger partial charge in [0.05, 0.1) is 12.7 Å². The van der Waals surface area contributed by atoms with Crippen LogP contribution in [0.15, 0.2) is 47.7 Å². The van der Waals surface area contributed by atoms with Crippen molar-refractivity contribution in [2.75, 3.05) is 13.1 Å². The predicted molar refractivity (Wildman–Crippen MR) is 106 cm³/mol. The predicted octanol–water partition coefficient (Wildman–Crippen LogP) is 2.56. The Kier molecular flexibility index (Phi) is 7.06. The van der Waals surface area contributed by atoms with E-state index in [1.165, 1.54) is 47.1 Å². The number of piperidine rings is 1. The van der Waals surface area contributed by atoms with Crippen LogP contribution in [-0.4, -0.2) is 54.6 Å². The summed E-state index contributed by atoms with van der Waals surface area (Å²) in [7, 11) is 0. The fraction of sp³-hybridized carbons (Fsp3) is 0.400. The van der Waals surface area contributed by atoms with Gasteiger partial charge in [-0.15, -0.1) is 0 Å². The first-order valence-electron chi connectivity index (χ1n) is 9.74. The zero-order valence-corrected chi connectivity index (χ0v) is 16.6. The van der Waals surface area contributed by atoms with E-state index in [0.29, 0.717) is 12.1 Å². The molecule has 31 heavy (non-hydrogen) atoms. The van der Waals surface area contributed by atoms with Gasteiger partial charge >= 0.3 is 12.1 Å². The van der Waals surface area contributed by atoms with Crippen LogP contribution in [0.25, 0.3) is 5.52 Å². The van der Waals surface area contributed by atoms with E-state index < -0.39 is 12.1 Å². The van der Waals surface area contributed by atoms with Crippen molar-refractivity contribution in [3.8, 4) is 0 Å². The van der Waals surface area contributed by atoms with E-state index in [1.807, 2.05) is 0 Å². The minimum absolute atomic E-state index is 0.114. The van der Waals surface area contributed by atoms with Crippen LogP contribution in [0, 0.1) is 0 Å². The topological polar surface area (TPSA) is 92.7 Å². The number of aromatic nitrogens is 4. The standard InChI is InChI=1S/C18H21N5O.C2HF3O2/c24-18-17-7-8-19-23(17)14-20-22(18)13-16-6-4-5-15(11-16)12-21-9-2-1-3-10-21;3-2(4,5)1(6)7/h4-8,11,14H,1-3,9-10,12-13H2;(H,6,7). The smallest absolute Gasteiger partial charge is 0.475 e. The second-order valence-corrected chi connectivity index (χ2v) is 7.21. The monoisotopic (exact) mass is 437 g/mol. The summed E-state index contributed by atoms with van der Waals surface area (Å²) >= 11 is 0. The average molecular weight is 437 g/mol. The lowest BCUT2D eigenvalue weighted by molar-refractivity contribution is -0.192. The molecule has 1 N–H and O–H groups in total. The fourth-order valence-corrected chi connectivity index (χ4v) is 3.36. The number of fused-ring (bicyclic) bond motifs is 1. The molecule has 0 spiro atoms. The molecular weight excluding hydrogens is 415 g/mol. The Morgan fingerprint density at radius 1 is 1.03 bits per heavy atom. The summed E-state index contributed by atoms with van der Waals surface area (Å²) in [6, 6.07) is 10.2. The van der Waals surface area contributed by atoms with E-state index in [4.69, 9.17) is 9.90 Å². The number of hydrogen-bond donors (Lipinski definition) is 1. The lowest BCUT2D eigenvalue weighted by Crippen LogP contribution is -2.29. The third-order valence-corrected chi connectivity index (χ3v) is 4.85. The highest BCUT2D eigenvalue weighted by Crippen LogP contribution is 2.14. The second-order valence-electron chi connectivity index (χ2n) is 7.21. The molecule has 4 rings (SSSR count). The number of alkyl halides is 3. The molecule has 2 aromatic heterocycles. The normalized spacial score (nSPS) is 14.8. The van der Waals surface area contributed by atoms with E-state index in [0.717, 1.165) is 12.1 Å². The van der Waals surface area contributed by atoms with Crippen molar-refractivity contribution in [2.45, 2.75) is 38.5 Å². The number of benzene rings is 1. The molecule has 0 bridgehead atoms. The summed E-state index contributed by atoms with van der Waals surface area (Å²) in [5.74, 6) is -2.76. The van der Waals surface area contributed by atoms with Gasteiger partial charge in [-0.1, -0.05) is 30.7 Å². The van der Waals surface area contributed by atoms with Gasteiger partial charge in [0.25, 0.3) is 5.56 Å². The van der Waals surface area contributed by atoms with Crippen LogP contribution >= 0.6 is 0 Å². The number of likely N-dealkylation sites (tertiary alicyclic amines) is 1. The molecule has 1 aliphatic rings. The lowest BCUT2D eigenvalue weighted by Gasteiger charge is -2.26. The van der Waals surface area contributed by atoms with Crippen molar-refractivity contribution in [2.24, 2.45) is 0 Å². The Balaban J connectivity index is 0.000000339. The van der Waals surface area contributed by atoms with Gasteiger partial charge < -0.3 is 5.11 Å². The van der Waals surface area contributed by atoms with E-state index >= 15 is 0 Å². The van der Waals surface area contributed by atoms with Crippen LogP contribution in [-0.2, 0) is 17.9 Å². The molecule has 166 valence electrons. The van der Waals surface area contributed by atoms with Crippen molar-refractivity contribution in [3.63, 3.8) is 0 Å². The van der Waals surface area contributed by atoms with Crippen molar-refractivity contribution in [3.05, 3.63) is 64.3 Å². The SMILES string of the molecule is O=C(O)C(F)(F)F.O=c1c2ccnn2cnn1Cc1cccc(CN2CCCCC2)c1. The zero-order valence-electron chi connectivity index (χ0n) is 16.6. The number of rotatable bonds is 4. The minimum atomic E-state index is -5.08. The van der Waals surface area contributed by atoms with Gasteiger partial charge in [-0.05, 0) is 43.1 Å². The van der Waals surface area contributed by atoms with Gasteiger partial charge in [-0.25, -0.2) is 14.0 Å². The van der Waals surface area contributed by atoms with Gasteiger partial charge in [0.15, 0.2) is 0 Å². The summed E-state index contributed by atoms with van der Waals surface area (Å²) in [5, 5.41) is 15.4. The van der Waals surface area contributed by atoms with Crippen molar-refractivity contribution in [1.29, 1.82) is 0 Å². The molecule has 3 aromatic rings. The third kappa shape index (κ3) is 6.14. The Morgan fingerprint density at radius 2 is 1.68 bits per heavy atom. The molecule has 1 saturated heterocycles. The highest BCUT2D eigenvalue weighted by atomic mass is 19.4. The van der Waals surface area contributed by atoms with Crippen molar-refractivity contribution < 1.29 is 23.1 Å². The van der Waals surface area contributed by atoms with E-state index in [9.17, 15) is 18.0 Å². The maximum absolute atomic E-state index is 12.4. The summed E-state index contributed by atoms with van der Waals surface area (Å²) in [6.45, 7) is 3.83. The first kappa shape index (κ1) is 22.5. The largest absolute Gasteiger partial charge is 0.490 e. The molecule has 3 heterocycles. The molecule has 0 radical (unpaired) electrons. The second kappa shape index (κ2) is 9.73. The highest BCUT2D eigenvalue weighted by molar-refractivity contribution is 5.73. The van der Waals surface area contributed by atoms with Gasteiger partial charge in [0.1, 0.15) is 11.8 Å². The van der Waals surface area contributed by atoms with Crippen LogP contribution in [0.2, 0.25) is 0 Å². The lowest BCUT2D eigenvalue weighted by atomic mass is 10.1. The molecule has 0 saturated carbocycles. The van der Waals surface area contributed by atoms with Gasteiger partial charge in [-0.2, -0.15) is 23.4 Å². The number of nitrogens with zero attached hydrogens (tertiary/aromatic N) is 5. The van der Waals surface area contributed by atoms with Crippen molar-refractivity contribution in [1.82, 2.24) is 24.3 Å².